The first-order valence-electron chi connectivity index (χ1n) is 7.66. The Morgan fingerprint density at radius 3 is 2.22 bits per heavy atom. The minimum absolute atomic E-state index is 0.253. The van der Waals surface area contributed by atoms with E-state index in [-0.39, 0.29) is 12.7 Å². The van der Waals surface area contributed by atoms with Gasteiger partial charge in [-0.1, -0.05) is 60.7 Å². The quantitative estimate of drug-likeness (QED) is 0.723. The van der Waals surface area contributed by atoms with Crippen molar-refractivity contribution in [2.24, 2.45) is 0 Å². The molecule has 0 radical (unpaired) electrons. The second-order valence-electron chi connectivity index (χ2n) is 5.21. The third-order valence-corrected chi connectivity index (χ3v) is 3.40. The number of benzene rings is 2. The van der Waals surface area contributed by atoms with Crippen molar-refractivity contribution in [2.45, 2.75) is 26.0 Å². The molecule has 4 nitrogen and oxygen atoms in total. The molecule has 0 aliphatic carbocycles. The first kappa shape index (κ1) is 16.6. The van der Waals surface area contributed by atoms with Gasteiger partial charge in [-0.05, 0) is 17.5 Å². The molecule has 118 valence electrons. The summed E-state index contributed by atoms with van der Waals surface area (Å²) in [4.78, 5) is 14.0. The van der Waals surface area contributed by atoms with Crippen LogP contribution < -0.4 is 0 Å². The second-order valence-corrected chi connectivity index (χ2v) is 5.21. The van der Waals surface area contributed by atoms with Crippen LogP contribution in [-0.2, 0) is 17.9 Å². The van der Waals surface area contributed by atoms with Crippen molar-refractivity contribution in [3.8, 4) is 6.07 Å². The number of amides is 1. The SMILES string of the molecule is N#CCCCN(Cc1ccccc1)C(=O)OCc1ccccc1. The number of ether oxygens (including phenoxy) is 1. The molecule has 0 spiro atoms. The van der Waals surface area contributed by atoms with E-state index < -0.39 is 0 Å². The molecule has 0 N–H and O–H groups in total. The van der Waals surface area contributed by atoms with Crippen molar-refractivity contribution in [3.05, 3.63) is 71.8 Å². The fourth-order valence-corrected chi connectivity index (χ4v) is 2.20. The average Bonchev–Trinajstić information content (AvgIpc) is 2.61. The van der Waals surface area contributed by atoms with Crippen molar-refractivity contribution in [1.82, 2.24) is 4.90 Å². The Kier molecular flexibility index (Phi) is 6.67. The van der Waals surface area contributed by atoms with Gasteiger partial charge in [0.2, 0.25) is 0 Å². The van der Waals surface area contributed by atoms with Crippen molar-refractivity contribution in [2.75, 3.05) is 6.54 Å². The molecule has 0 unspecified atom stereocenters. The maximum absolute atomic E-state index is 12.3. The molecule has 2 aromatic rings. The summed E-state index contributed by atoms with van der Waals surface area (Å²) in [5.74, 6) is 0. The highest BCUT2D eigenvalue weighted by Crippen LogP contribution is 2.09. The third kappa shape index (κ3) is 5.84. The number of rotatable bonds is 7. The maximum atomic E-state index is 12.3. The lowest BCUT2D eigenvalue weighted by Crippen LogP contribution is -2.32. The maximum Gasteiger partial charge on any atom is 0.410 e. The fourth-order valence-electron chi connectivity index (χ4n) is 2.20. The largest absolute Gasteiger partial charge is 0.445 e. The van der Waals surface area contributed by atoms with E-state index in [1.807, 2.05) is 60.7 Å². The van der Waals surface area contributed by atoms with E-state index in [1.54, 1.807) is 4.90 Å². The summed E-state index contributed by atoms with van der Waals surface area (Å²) in [5, 5.41) is 8.67. The van der Waals surface area contributed by atoms with E-state index in [0.717, 1.165) is 11.1 Å². The van der Waals surface area contributed by atoms with Crippen LogP contribution in [0.4, 0.5) is 4.79 Å². The molecule has 0 atom stereocenters. The summed E-state index contributed by atoms with van der Waals surface area (Å²) in [5.41, 5.74) is 2.00. The average molecular weight is 308 g/mol. The predicted octanol–water partition coefficient (Wildman–Crippen LogP) is 4.13. The first-order chi connectivity index (χ1) is 11.3. The summed E-state index contributed by atoms with van der Waals surface area (Å²) in [6, 6.07) is 21.5. The van der Waals surface area contributed by atoms with Crippen LogP contribution in [0, 0.1) is 11.3 Å². The Labute approximate surface area is 136 Å². The minimum Gasteiger partial charge on any atom is -0.445 e. The number of hydrogen-bond donors (Lipinski definition) is 0. The van der Waals surface area contributed by atoms with Crippen LogP contribution >= 0.6 is 0 Å². The lowest BCUT2D eigenvalue weighted by Gasteiger charge is -2.22. The van der Waals surface area contributed by atoms with Crippen LogP contribution in [0.1, 0.15) is 24.0 Å². The van der Waals surface area contributed by atoms with E-state index in [4.69, 9.17) is 10.00 Å². The number of carbonyl (C=O) groups excluding carboxylic acids is 1. The molecule has 0 fully saturated rings. The highest BCUT2D eigenvalue weighted by molar-refractivity contribution is 5.67. The van der Waals surface area contributed by atoms with Gasteiger partial charge in [-0.3, -0.25) is 0 Å². The van der Waals surface area contributed by atoms with Gasteiger partial charge in [-0.15, -0.1) is 0 Å². The number of nitriles is 1. The lowest BCUT2D eigenvalue weighted by atomic mass is 10.2. The Morgan fingerprint density at radius 2 is 1.61 bits per heavy atom. The van der Waals surface area contributed by atoms with E-state index >= 15 is 0 Å². The van der Waals surface area contributed by atoms with E-state index in [0.29, 0.717) is 25.9 Å². The predicted molar refractivity (Wildman–Crippen MR) is 88.3 cm³/mol. The number of hydrogen-bond acceptors (Lipinski definition) is 3. The molecule has 0 aromatic heterocycles. The molecule has 1 amide bonds. The second kappa shape index (κ2) is 9.26. The van der Waals surface area contributed by atoms with Crippen LogP contribution in [0.25, 0.3) is 0 Å². The fraction of sp³-hybridized carbons (Fsp3) is 0.263. The molecule has 0 saturated heterocycles. The van der Waals surface area contributed by atoms with E-state index in [1.165, 1.54) is 0 Å². The van der Waals surface area contributed by atoms with E-state index in [9.17, 15) is 4.79 Å². The standard InChI is InChI=1S/C19H20N2O2/c20-13-7-8-14-21(15-17-9-3-1-4-10-17)19(22)23-16-18-11-5-2-6-12-18/h1-6,9-12H,7-8,14-16H2. The summed E-state index contributed by atoms with van der Waals surface area (Å²) in [6.07, 6.45) is 0.719. The van der Waals surface area contributed by atoms with Gasteiger partial charge in [-0.25, -0.2) is 4.79 Å². The van der Waals surface area contributed by atoms with Gasteiger partial charge in [0.15, 0.2) is 0 Å². The number of carbonyl (C=O) groups is 1. The molecular formula is C19H20N2O2. The number of unbranched alkanes of at least 4 members (excludes halogenated alkanes) is 1. The van der Waals surface area contributed by atoms with Crippen LogP contribution in [0.15, 0.2) is 60.7 Å². The van der Waals surface area contributed by atoms with Crippen molar-refractivity contribution in [1.29, 1.82) is 5.26 Å². The molecule has 0 aliphatic heterocycles. The Bertz CT molecular complexity index is 635. The molecule has 4 heteroatoms. The highest BCUT2D eigenvalue weighted by atomic mass is 16.6. The zero-order valence-corrected chi connectivity index (χ0v) is 13.0. The molecule has 0 bridgehead atoms. The van der Waals surface area contributed by atoms with Gasteiger partial charge in [0.25, 0.3) is 0 Å². The molecule has 0 saturated carbocycles. The van der Waals surface area contributed by atoms with Gasteiger partial charge >= 0.3 is 6.09 Å². The van der Waals surface area contributed by atoms with Gasteiger partial charge < -0.3 is 9.64 Å². The lowest BCUT2D eigenvalue weighted by molar-refractivity contribution is 0.0933. The van der Waals surface area contributed by atoms with Crippen molar-refractivity contribution in [3.63, 3.8) is 0 Å². The zero-order chi connectivity index (χ0) is 16.3. The molecular weight excluding hydrogens is 288 g/mol. The van der Waals surface area contributed by atoms with Crippen molar-refractivity contribution < 1.29 is 9.53 Å². The minimum atomic E-state index is -0.351. The molecule has 23 heavy (non-hydrogen) atoms. The van der Waals surface area contributed by atoms with Crippen molar-refractivity contribution >= 4 is 6.09 Å². The Balaban J connectivity index is 1.94. The Hall–Kier alpha value is -2.80. The number of nitrogens with zero attached hydrogens (tertiary/aromatic N) is 2. The van der Waals surface area contributed by atoms with Gasteiger partial charge in [0.1, 0.15) is 6.61 Å². The van der Waals surface area contributed by atoms with Gasteiger partial charge in [-0.2, -0.15) is 5.26 Å². The zero-order valence-electron chi connectivity index (χ0n) is 13.0. The molecule has 2 aromatic carbocycles. The molecule has 2 rings (SSSR count). The third-order valence-electron chi connectivity index (χ3n) is 3.40. The van der Waals surface area contributed by atoms with Crippen LogP contribution in [0.3, 0.4) is 0 Å². The monoisotopic (exact) mass is 308 g/mol. The summed E-state index contributed by atoms with van der Waals surface area (Å²) in [7, 11) is 0. The smallest absolute Gasteiger partial charge is 0.410 e. The first-order valence-corrected chi connectivity index (χ1v) is 7.66. The topological polar surface area (TPSA) is 53.3 Å². The normalized spacial score (nSPS) is 9.87. The van der Waals surface area contributed by atoms with Gasteiger partial charge in [0.05, 0.1) is 6.07 Å². The van der Waals surface area contributed by atoms with Crippen LogP contribution in [0.5, 0.6) is 0 Å². The summed E-state index contributed by atoms with van der Waals surface area (Å²) in [6.45, 7) is 1.25. The summed E-state index contributed by atoms with van der Waals surface area (Å²) >= 11 is 0. The summed E-state index contributed by atoms with van der Waals surface area (Å²) < 4.78 is 5.40. The van der Waals surface area contributed by atoms with Gasteiger partial charge in [0, 0.05) is 19.5 Å². The van der Waals surface area contributed by atoms with Crippen LogP contribution in [-0.4, -0.2) is 17.5 Å². The molecule has 0 aliphatic rings. The molecule has 0 heterocycles. The van der Waals surface area contributed by atoms with Crippen LogP contribution in [0.2, 0.25) is 0 Å². The van der Waals surface area contributed by atoms with E-state index in [2.05, 4.69) is 6.07 Å². The highest BCUT2D eigenvalue weighted by Gasteiger charge is 2.15. The Morgan fingerprint density at radius 1 is 1.00 bits per heavy atom.